The monoisotopic (exact) mass is 620 g/mol. The first kappa shape index (κ1) is 29.7. The third-order valence-corrected chi connectivity index (χ3v) is 10.1. The van der Waals surface area contributed by atoms with Crippen molar-refractivity contribution >= 4 is 57.1 Å². The van der Waals surface area contributed by atoms with E-state index >= 15 is 0 Å². The van der Waals surface area contributed by atoms with E-state index in [1.165, 1.54) is 6.20 Å². The van der Waals surface area contributed by atoms with Gasteiger partial charge in [0.15, 0.2) is 9.84 Å². The molecule has 0 aliphatic heterocycles. The second kappa shape index (κ2) is 11.4. The average Bonchev–Trinajstić information content (AvgIpc) is 3.70. The van der Waals surface area contributed by atoms with Crippen LogP contribution in [-0.2, 0) is 18.9 Å². The van der Waals surface area contributed by atoms with Crippen molar-refractivity contribution in [3.05, 3.63) is 58.7 Å². The minimum Gasteiger partial charge on any atom is -0.351 e. The number of nitrogens with one attached hydrogen (secondary N) is 2. The molecule has 0 bridgehead atoms. The number of carbonyl (C=O) groups is 1. The molecule has 0 atom stereocenters. The van der Waals surface area contributed by atoms with Gasteiger partial charge in [-0.3, -0.25) is 9.32 Å². The third-order valence-electron chi connectivity index (χ3n) is 7.15. The summed E-state index contributed by atoms with van der Waals surface area (Å²) in [7, 11) is -6.22. The van der Waals surface area contributed by atoms with Crippen LogP contribution < -0.4 is 5.32 Å². The Bertz CT molecular complexity index is 1800. The lowest BCUT2D eigenvalue weighted by atomic mass is 9.94. The molecular formula is C27H30ClN4O7PS. The van der Waals surface area contributed by atoms with E-state index in [4.69, 9.17) is 21.4 Å². The lowest BCUT2D eigenvalue weighted by Crippen LogP contribution is -2.34. The lowest BCUT2D eigenvalue weighted by Gasteiger charge is -2.18. The predicted molar refractivity (Wildman–Crippen MR) is 157 cm³/mol. The number of aromatic nitrogens is 2. The number of hydrogen-bond donors (Lipinski definition) is 4. The SMILES string of the molecule is Cc1c(C(=O)NCCN(C)CCOP(=O)(O)O)cc(-c2cccc(S(=O)(=O)C3CC3)c2)c2c1[nH]c1ncc(Cl)cc12. The van der Waals surface area contributed by atoms with Crippen LogP contribution in [-0.4, -0.2) is 77.5 Å². The molecule has 2 aromatic carbocycles. The summed E-state index contributed by atoms with van der Waals surface area (Å²) in [6, 6.07) is 10.4. The molecule has 1 fully saturated rings. The van der Waals surface area contributed by atoms with Gasteiger partial charge >= 0.3 is 7.82 Å². The normalized spacial score (nSPS) is 14.3. The number of amides is 1. The van der Waals surface area contributed by atoms with Gasteiger partial charge in [0.05, 0.1) is 27.3 Å². The van der Waals surface area contributed by atoms with E-state index in [9.17, 15) is 17.8 Å². The number of nitrogens with zero attached hydrogens (tertiary/aromatic N) is 2. The van der Waals surface area contributed by atoms with E-state index in [1.807, 2.05) is 13.0 Å². The van der Waals surface area contributed by atoms with E-state index in [2.05, 4.69) is 19.8 Å². The first-order valence-corrected chi connectivity index (χ1v) is 16.4. The van der Waals surface area contributed by atoms with E-state index in [0.717, 1.165) is 10.8 Å². The van der Waals surface area contributed by atoms with Gasteiger partial charge in [0.1, 0.15) is 5.65 Å². The Morgan fingerprint density at radius 2 is 2.00 bits per heavy atom. The first-order chi connectivity index (χ1) is 19.3. The lowest BCUT2D eigenvalue weighted by molar-refractivity contribution is 0.0948. The number of phosphoric acid groups is 1. The van der Waals surface area contributed by atoms with Crippen molar-refractivity contribution in [3.63, 3.8) is 0 Å². The molecule has 218 valence electrons. The highest BCUT2D eigenvalue weighted by Crippen LogP contribution is 2.40. The van der Waals surface area contributed by atoms with Crippen LogP contribution in [0.3, 0.4) is 0 Å². The van der Waals surface area contributed by atoms with Crippen LogP contribution >= 0.6 is 19.4 Å². The molecule has 1 amide bonds. The molecule has 11 nitrogen and oxygen atoms in total. The molecule has 2 heterocycles. The van der Waals surface area contributed by atoms with Crippen molar-refractivity contribution in [2.24, 2.45) is 0 Å². The fourth-order valence-electron chi connectivity index (χ4n) is 4.82. The number of halogens is 1. The van der Waals surface area contributed by atoms with Gasteiger partial charge in [0.25, 0.3) is 5.91 Å². The van der Waals surface area contributed by atoms with Crippen molar-refractivity contribution in [2.75, 3.05) is 33.3 Å². The smallest absolute Gasteiger partial charge is 0.351 e. The van der Waals surface area contributed by atoms with Gasteiger partial charge in [-0.15, -0.1) is 0 Å². The zero-order valence-corrected chi connectivity index (χ0v) is 24.9. The third kappa shape index (κ3) is 6.49. The van der Waals surface area contributed by atoms with Crippen molar-refractivity contribution in [1.82, 2.24) is 20.2 Å². The van der Waals surface area contributed by atoms with Crippen LogP contribution in [0.15, 0.2) is 47.5 Å². The highest BCUT2D eigenvalue weighted by Gasteiger charge is 2.37. The van der Waals surface area contributed by atoms with Crippen LogP contribution in [0.4, 0.5) is 0 Å². The molecule has 0 saturated heterocycles. The van der Waals surface area contributed by atoms with E-state index < -0.39 is 17.7 Å². The number of pyridine rings is 1. The Labute approximate surface area is 242 Å². The van der Waals surface area contributed by atoms with Crippen LogP contribution in [0.5, 0.6) is 0 Å². The highest BCUT2D eigenvalue weighted by atomic mass is 35.5. The number of likely N-dealkylation sites (N-methyl/N-ethyl adjacent to an activating group) is 1. The summed E-state index contributed by atoms with van der Waals surface area (Å²) in [4.78, 5) is 40.8. The minimum atomic E-state index is -4.53. The summed E-state index contributed by atoms with van der Waals surface area (Å²) in [6.45, 7) is 2.64. The summed E-state index contributed by atoms with van der Waals surface area (Å²) in [5.41, 5.74) is 3.71. The number of phosphoric ester groups is 1. The van der Waals surface area contributed by atoms with Gasteiger partial charge in [-0.2, -0.15) is 0 Å². The maximum atomic E-state index is 13.4. The number of aromatic amines is 1. The average molecular weight is 621 g/mol. The van der Waals surface area contributed by atoms with Gasteiger partial charge in [0, 0.05) is 42.2 Å². The molecule has 5 rings (SSSR count). The summed E-state index contributed by atoms with van der Waals surface area (Å²) in [5.74, 6) is -0.322. The summed E-state index contributed by atoms with van der Waals surface area (Å²) >= 11 is 6.29. The molecular weight excluding hydrogens is 591 g/mol. The minimum absolute atomic E-state index is 0.151. The summed E-state index contributed by atoms with van der Waals surface area (Å²) in [5, 5.41) is 4.54. The quantitative estimate of drug-likeness (QED) is 0.181. The molecule has 4 N–H and O–H groups in total. The number of rotatable bonds is 11. The van der Waals surface area contributed by atoms with E-state index in [0.29, 0.717) is 57.8 Å². The number of H-pyrrole nitrogens is 1. The Morgan fingerprint density at radius 3 is 2.71 bits per heavy atom. The topological polar surface area (TPSA) is 162 Å². The molecule has 0 unspecified atom stereocenters. The van der Waals surface area contributed by atoms with Gasteiger partial charge in [0.2, 0.25) is 0 Å². The Balaban J connectivity index is 1.49. The van der Waals surface area contributed by atoms with Gasteiger partial charge in [-0.05, 0) is 67.8 Å². The number of hydrogen-bond acceptors (Lipinski definition) is 7. The molecule has 41 heavy (non-hydrogen) atoms. The van der Waals surface area contributed by atoms with Gasteiger partial charge < -0.3 is 25.0 Å². The fourth-order valence-corrected chi connectivity index (χ4v) is 7.00. The Hall–Kier alpha value is -2.83. The van der Waals surface area contributed by atoms with Crippen LogP contribution in [0.25, 0.3) is 33.1 Å². The second-order valence-electron chi connectivity index (χ2n) is 10.2. The number of carbonyl (C=O) groups excluding carboxylic acids is 1. The van der Waals surface area contributed by atoms with Crippen molar-refractivity contribution in [2.45, 2.75) is 29.9 Å². The second-order valence-corrected chi connectivity index (χ2v) is 14.1. The molecule has 14 heteroatoms. The van der Waals surface area contributed by atoms with Crippen LogP contribution in [0.1, 0.15) is 28.8 Å². The van der Waals surface area contributed by atoms with E-state index in [-0.39, 0.29) is 35.7 Å². The van der Waals surface area contributed by atoms with Crippen LogP contribution in [0, 0.1) is 6.92 Å². The molecule has 0 spiro atoms. The first-order valence-electron chi connectivity index (χ1n) is 13.0. The number of aryl methyl sites for hydroxylation is 1. The van der Waals surface area contributed by atoms with Crippen LogP contribution in [0.2, 0.25) is 5.02 Å². The Kier molecular flexibility index (Phi) is 8.28. The number of benzene rings is 2. The molecule has 1 saturated carbocycles. The number of sulfone groups is 1. The summed E-state index contributed by atoms with van der Waals surface area (Å²) < 4.78 is 41.4. The van der Waals surface area contributed by atoms with Crippen molar-refractivity contribution < 1.29 is 32.1 Å². The zero-order chi connectivity index (χ0) is 29.5. The zero-order valence-electron chi connectivity index (χ0n) is 22.4. The van der Waals surface area contributed by atoms with Crippen molar-refractivity contribution in [3.8, 4) is 11.1 Å². The highest BCUT2D eigenvalue weighted by molar-refractivity contribution is 7.92. The standard InChI is InChI=1S/C27H30ClN4O7PS/c1-16-21(27(33)29-8-9-32(2)10-11-39-40(34,35)36)14-22(24-23-13-18(28)15-30-26(23)31-25(16)24)17-4-3-5-20(12-17)41(37,38)19-6-7-19/h3-5,12-15,19H,6-11H2,1-2H3,(H,29,33)(H,30,31)(H2,34,35,36). The van der Waals surface area contributed by atoms with Gasteiger partial charge in [-0.1, -0.05) is 23.7 Å². The maximum Gasteiger partial charge on any atom is 0.469 e. The largest absolute Gasteiger partial charge is 0.469 e. The molecule has 1 aliphatic carbocycles. The molecule has 1 aliphatic rings. The molecule has 2 aromatic heterocycles. The number of fused-ring (bicyclic) bond motifs is 3. The fraction of sp³-hybridized carbons (Fsp3) is 0.333. The Morgan fingerprint density at radius 1 is 1.24 bits per heavy atom. The predicted octanol–water partition coefficient (Wildman–Crippen LogP) is 4.05. The maximum absolute atomic E-state index is 13.4. The van der Waals surface area contributed by atoms with Gasteiger partial charge in [-0.25, -0.2) is 18.0 Å². The summed E-state index contributed by atoms with van der Waals surface area (Å²) in [6.07, 6.45) is 2.85. The van der Waals surface area contributed by atoms with E-state index in [1.54, 1.807) is 42.3 Å². The molecule has 0 radical (unpaired) electrons. The van der Waals surface area contributed by atoms with Crippen molar-refractivity contribution in [1.29, 1.82) is 0 Å². The molecule has 4 aromatic rings.